The second kappa shape index (κ2) is 8.69. The van der Waals surface area contributed by atoms with E-state index in [4.69, 9.17) is 0 Å². The van der Waals surface area contributed by atoms with E-state index in [0.717, 1.165) is 38.3 Å². The molecule has 0 bridgehead atoms. The molecular weight excluding hydrogens is 360 g/mol. The van der Waals surface area contributed by atoms with Crippen molar-refractivity contribution in [1.82, 2.24) is 9.80 Å². The molecule has 0 aromatic heterocycles. The summed E-state index contributed by atoms with van der Waals surface area (Å²) in [4.78, 5) is 17.2. The highest BCUT2D eigenvalue weighted by Gasteiger charge is 2.35. The minimum atomic E-state index is -4.74. The SMILES string of the molecule is CC(C)C(=O)C(CN1CCN(C(C)C)CC1)c1ccc(C(F)(F)F)c(F)c1. The van der Waals surface area contributed by atoms with Crippen molar-refractivity contribution in [1.29, 1.82) is 0 Å². The molecule has 1 fully saturated rings. The van der Waals surface area contributed by atoms with Gasteiger partial charge in [0.05, 0.1) is 11.5 Å². The monoisotopic (exact) mass is 388 g/mol. The Hall–Kier alpha value is -1.47. The highest BCUT2D eigenvalue weighted by molar-refractivity contribution is 5.87. The van der Waals surface area contributed by atoms with Gasteiger partial charge in [0.25, 0.3) is 0 Å². The maximum Gasteiger partial charge on any atom is 0.419 e. The van der Waals surface area contributed by atoms with Crippen molar-refractivity contribution in [3.05, 3.63) is 35.1 Å². The molecule has 1 aromatic rings. The summed E-state index contributed by atoms with van der Waals surface area (Å²) in [6, 6.07) is 3.30. The quantitative estimate of drug-likeness (QED) is 0.683. The van der Waals surface area contributed by atoms with Crippen molar-refractivity contribution in [3.8, 4) is 0 Å². The van der Waals surface area contributed by atoms with E-state index in [2.05, 4.69) is 23.6 Å². The average Bonchev–Trinajstić information content (AvgIpc) is 2.58. The number of benzene rings is 1. The number of alkyl halides is 3. The number of ketones is 1. The smallest absolute Gasteiger partial charge is 0.300 e. The first-order valence-electron chi connectivity index (χ1n) is 9.37. The largest absolute Gasteiger partial charge is 0.419 e. The van der Waals surface area contributed by atoms with Crippen LogP contribution in [0.25, 0.3) is 0 Å². The van der Waals surface area contributed by atoms with E-state index in [0.29, 0.717) is 18.2 Å². The molecule has 1 aliphatic heterocycles. The summed E-state index contributed by atoms with van der Waals surface area (Å²) in [7, 11) is 0. The van der Waals surface area contributed by atoms with Crippen molar-refractivity contribution >= 4 is 5.78 Å². The maximum absolute atomic E-state index is 14.0. The molecule has 0 N–H and O–H groups in total. The van der Waals surface area contributed by atoms with Crippen molar-refractivity contribution in [2.75, 3.05) is 32.7 Å². The molecule has 0 spiro atoms. The van der Waals surface area contributed by atoms with Gasteiger partial charge in [-0.05, 0) is 31.5 Å². The summed E-state index contributed by atoms with van der Waals surface area (Å²) in [5.74, 6) is -2.32. The fraction of sp³-hybridized carbons (Fsp3) is 0.650. The fourth-order valence-corrected chi connectivity index (χ4v) is 3.46. The molecule has 7 heteroatoms. The molecule has 1 aromatic carbocycles. The second-order valence-electron chi connectivity index (χ2n) is 7.78. The lowest BCUT2D eigenvalue weighted by molar-refractivity contribution is -0.140. The number of carbonyl (C=O) groups excluding carboxylic acids is 1. The number of nitrogens with zero attached hydrogens (tertiary/aromatic N) is 2. The Kier molecular flexibility index (Phi) is 7.03. The first-order valence-corrected chi connectivity index (χ1v) is 9.37. The van der Waals surface area contributed by atoms with E-state index in [1.807, 2.05) is 0 Å². The molecule has 27 heavy (non-hydrogen) atoms. The molecule has 0 saturated carbocycles. The van der Waals surface area contributed by atoms with Crippen LogP contribution in [0.15, 0.2) is 18.2 Å². The van der Waals surface area contributed by atoms with Gasteiger partial charge in [-0.3, -0.25) is 14.6 Å². The highest BCUT2D eigenvalue weighted by atomic mass is 19.4. The van der Waals surface area contributed by atoms with Crippen LogP contribution in [0.5, 0.6) is 0 Å². The van der Waals surface area contributed by atoms with Gasteiger partial charge in [-0.2, -0.15) is 13.2 Å². The zero-order valence-corrected chi connectivity index (χ0v) is 16.3. The van der Waals surface area contributed by atoms with E-state index in [1.54, 1.807) is 13.8 Å². The van der Waals surface area contributed by atoms with Gasteiger partial charge in [0.15, 0.2) is 0 Å². The third-order valence-electron chi connectivity index (χ3n) is 5.19. The minimum Gasteiger partial charge on any atom is -0.300 e. The molecule has 2 rings (SSSR count). The van der Waals surface area contributed by atoms with Gasteiger partial charge in [0.1, 0.15) is 11.6 Å². The Balaban J connectivity index is 2.21. The zero-order chi connectivity index (χ0) is 20.4. The topological polar surface area (TPSA) is 23.6 Å². The Morgan fingerprint density at radius 1 is 1.07 bits per heavy atom. The number of rotatable bonds is 6. The Morgan fingerprint density at radius 2 is 1.67 bits per heavy atom. The van der Waals surface area contributed by atoms with E-state index >= 15 is 0 Å². The van der Waals surface area contributed by atoms with Crippen molar-refractivity contribution in [2.24, 2.45) is 5.92 Å². The number of Topliss-reactive ketones (excluding diaryl/α,β-unsaturated/α-hetero) is 1. The van der Waals surface area contributed by atoms with E-state index < -0.39 is 23.5 Å². The van der Waals surface area contributed by atoms with Gasteiger partial charge in [0, 0.05) is 44.7 Å². The van der Waals surface area contributed by atoms with Crippen LogP contribution in [0.2, 0.25) is 0 Å². The van der Waals surface area contributed by atoms with Gasteiger partial charge in [-0.15, -0.1) is 0 Å². The van der Waals surface area contributed by atoms with Gasteiger partial charge in [-0.1, -0.05) is 19.9 Å². The predicted molar refractivity (Wildman–Crippen MR) is 97.1 cm³/mol. The van der Waals surface area contributed by atoms with Crippen molar-refractivity contribution in [2.45, 2.75) is 45.8 Å². The zero-order valence-electron chi connectivity index (χ0n) is 16.3. The van der Waals surface area contributed by atoms with E-state index in [-0.39, 0.29) is 11.7 Å². The lowest BCUT2D eigenvalue weighted by atomic mass is 9.87. The summed E-state index contributed by atoms with van der Waals surface area (Å²) < 4.78 is 52.5. The van der Waals surface area contributed by atoms with Crippen molar-refractivity contribution in [3.63, 3.8) is 0 Å². The Bertz CT molecular complexity index is 650. The first-order chi connectivity index (χ1) is 12.5. The van der Waals surface area contributed by atoms with Gasteiger partial charge < -0.3 is 0 Å². The molecule has 0 radical (unpaired) electrons. The number of halogens is 4. The number of piperazine rings is 1. The average molecular weight is 388 g/mol. The molecule has 1 saturated heterocycles. The van der Waals surface area contributed by atoms with Crippen LogP contribution in [0.3, 0.4) is 0 Å². The molecule has 152 valence electrons. The predicted octanol–water partition coefficient (Wildman–Crippen LogP) is 4.18. The number of hydrogen-bond acceptors (Lipinski definition) is 3. The summed E-state index contributed by atoms with van der Waals surface area (Å²) in [5.41, 5.74) is -0.988. The molecule has 0 amide bonds. The highest BCUT2D eigenvalue weighted by Crippen LogP contribution is 2.33. The first kappa shape index (κ1) is 21.8. The fourth-order valence-electron chi connectivity index (χ4n) is 3.46. The maximum atomic E-state index is 14.0. The summed E-state index contributed by atoms with van der Waals surface area (Å²) in [5, 5.41) is 0. The molecule has 1 heterocycles. The summed E-state index contributed by atoms with van der Waals surface area (Å²) in [6.45, 7) is 11.5. The standard InChI is InChI=1S/C20H28F4N2O/c1-13(2)19(27)16(12-25-7-9-26(10-8-25)14(3)4)15-5-6-17(18(21)11-15)20(22,23)24/h5-6,11,13-14,16H,7-10,12H2,1-4H3. The van der Waals surface area contributed by atoms with Crippen LogP contribution >= 0.6 is 0 Å². The summed E-state index contributed by atoms with van der Waals surface area (Å²) >= 11 is 0. The molecule has 1 aliphatic rings. The molecule has 3 nitrogen and oxygen atoms in total. The van der Waals surface area contributed by atoms with Crippen LogP contribution in [0.1, 0.15) is 44.7 Å². The number of carbonyl (C=O) groups is 1. The molecule has 1 atom stereocenters. The third kappa shape index (κ3) is 5.51. The van der Waals surface area contributed by atoms with Gasteiger partial charge in [-0.25, -0.2) is 4.39 Å². The third-order valence-corrected chi connectivity index (χ3v) is 5.19. The minimum absolute atomic E-state index is 0.0829. The molecule has 1 unspecified atom stereocenters. The van der Waals surface area contributed by atoms with E-state index in [9.17, 15) is 22.4 Å². The van der Waals surface area contributed by atoms with Gasteiger partial charge in [0.2, 0.25) is 0 Å². The van der Waals surface area contributed by atoms with Crippen LogP contribution in [-0.2, 0) is 11.0 Å². The van der Waals surface area contributed by atoms with Gasteiger partial charge >= 0.3 is 6.18 Å². The second-order valence-corrected chi connectivity index (χ2v) is 7.78. The van der Waals surface area contributed by atoms with Crippen molar-refractivity contribution < 1.29 is 22.4 Å². The van der Waals surface area contributed by atoms with Crippen LogP contribution in [0.4, 0.5) is 17.6 Å². The normalized spacial score (nSPS) is 18.3. The number of hydrogen-bond donors (Lipinski definition) is 0. The summed E-state index contributed by atoms with van der Waals surface area (Å²) in [6.07, 6.45) is -4.74. The molecular formula is C20H28F4N2O. The lowest BCUT2D eigenvalue weighted by Gasteiger charge is -2.38. The van der Waals surface area contributed by atoms with E-state index in [1.165, 1.54) is 6.07 Å². The molecule has 0 aliphatic carbocycles. The Morgan fingerprint density at radius 3 is 2.11 bits per heavy atom. The van der Waals surface area contributed by atoms with Crippen LogP contribution < -0.4 is 0 Å². The lowest BCUT2D eigenvalue weighted by Crippen LogP contribution is -2.50. The van der Waals surface area contributed by atoms with Crippen LogP contribution in [0, 0.1) is 11.7 Å². The Labute approximate surface area is 158 Å². The van der Waals surface area contributed by atoms with Crippen LogP contribution in [-0.4, -0.2) is 54.3 Å².